The fourth-order valence-electron chi connectivity index (χ4n) is 0. The molecule has 0 unspecified atom stereocenters. The predicted octanol–water partition coefficient (Wildman–Crippen LogP) is -1.54. The van der Waals surface area contributed by atoms with Gasteiger partial charge in [0.25, 0.3) is 0 Å². The number of hydrogen-bond donors (Lipinski definition) is 2. The Morgan fingerprint density at radius 3 is 1.60 bits per heavy atom. The molecule has 0 aromatic rings. The molecule has 0 amide bonds. The third kappa shape index (κ3) is 4.10. The van der Waals surface area contributed by atoms with Crippen LogP contribution in [0.5, 0.6) is 0 Å². The minimum Gasteiger partial charge on any atom is -0.247 e. The molecule has 0 atom stereocenters. The Bertz CT molecular complexity index is 81.1. The first-order chi connectivity index (χ1) is 2.27. The van der Waals surface area contributed by atoms with Crippen LogP contribution in [0.3, 0.4) is 0 Å². The maximum absolute atomic E-state index is 9.08. The third-order valence-electron chi connectivity index (χ3n) is 0.0667. The standard InChI is InChI=1S/H2O3S2/c1-4-5(2)3/h4-5H. The molecular formula is H2O3S2. The monoisotopic (exact) mass is 114 g/mol. The van der Waals surface area contributed by atoms with E-state index in [2.05, 4.69) is 0 Å². The number of rotatable bonds is 1. The Hall–Kier alpha value is 0.1000. The second kappa shape index (κ2) is 2.34. The molecule has 5 heteroatoms. The topological polar surface area (TPSA) is 51.2 Å². The quantitative estimate of drug-likeness (QED) is 0.321. The van der Waals surface area contributed by atoms with Crippen molar-refractivity contribution < 1.29 is 12.6 Å². The van der Waals surface area contributed by atoms with Gasteiger partial charge in [0.1, 0.15) is 10.7 Å². The zero-order valence-electron chi connectivity index (χ0n) is 2.12. The average molecular weight is 114 g/mol. The van der Waals surface area contributed by atoms with Crippen molar-refractivity contribution in [3.63, 3.8) is 0 Å². The summed E-state index contributed by atoms with van der Waals surface area (Å²) < 4.78 is 27.2. The lowest BCUT2D eigenvalue weighted by Gasteiger charge is -1.45. The van der Waals surface area contributed by atoms with Crippen LogP contribution in [0.1, 0.15) is 0 Å². The van der Waals surface area contributed by atoms with Crippen LogP contribution in [0.15, 0.2) is 0 Å². The van der Waals surface area contributed by atoms with Crippen LogP contribution in [0.4, 0.5) is 0 Å². The Kier molecular flexibility index (Phi) is 2.39. The Morgan fingerprint density at radius 2 is 1.60 bits per heavy atom. The van der Waals surface area contributed by atoms with Crippen molar-refractivity contribution in [3.8, 4) is 0 Å². The molecule has 32 valence electrons. The fourth-order valence-corrected chi connectivity index (χ4v) is 0. The average Bonchev–Trinajstić information content (AvgIpc) is 1.38. The van der Waals surface area contributed by atoms with Gasteiger partial charge in [-0.2, -0.15) is 0 Å². The molecule has 0 saturated carbocycles. The first-order valence-electron chi connectivity index (χ1n) is 0.748. The van der Waals surface area contributed by atoms with Gasteiger partial charge in [-0.05, 0) is 0 Å². The maximum Gasteiger partial charge on any atom is 0.216 e. The largest absolute Gasteiger partial charge is 0.247 e. The molecule has 0 aliphatic heterocycles. The van der Waals surface area contributed by atoms with Gasteiger partial charge in [-0.25, -0.2) is 12.6 Å². The van der Waals surface area contributed by atoms with Gasteiger partial charge in [-0.3, -0.25) is 0 Å². The van der Waals surface area contributed by atoms with E-state index in [1.165, 1.54) is 0 Å². The van der Waals surface area contributed by atoms with Crippen LogP contribution in [-0.4, -0.2) is 12.6 Å². The van der Waals surface area contributed by atoms with E-state index >= 15 is 0 Å². The number of hydrogen-bond acceptors (Lipinski definition) is 3. The highest BCUT2D eigenvalue weighted by Gasteiger charge is 1.60. The molecule has 0 aliphatic carbocycles. The van der Waals surface area contributed by atoms with E-state index in [9.17, 15) is 0 Å². The molecule has 0 bridgehead atoms. The predicted molar refractivity (Wildman–Crippen MR) is 19.9 cm³/mol. The smallest absolute Gasteiger partial charge is 0.216 e. The summed E-state index contributed by atoms with van der Waals surface area (Å²) in [6.45, 7) is 0. The second-order valence-corrected chi connectivity index (χ2v) is 2.43. The van der Waals surface area contributed by atoms with E-state index in [0.717, 1.165) is 0 Å². The molecule has 0 radical (unpaired) electrons. The normalized spacial score (nSPS) is 9.00. The Morgan fingerprint density at radius 1 is 1.40 bits per heavy atom. The first kappa shape index (κ1) is 5.10. The minimum absolute atomic E-state index is 0.799. The molecule has 0 saturated heterocycles. The van der Waals surface area contributed by atoms with Crippen molar-refractivity contribution in [1.82, 2.24) is 0 Å². The molecule has 5 heavy (non-hydrogen) atoms. The molecule has 0 heterocycles. The van der Waals surface area contributed by atoms with Gasteiger partial charge in [0.05, 0.1) is 0 Å². The van der Waals surface area contributed by atoms with Crippen LogP contribution in [0.25, 0.3) is 0 Å². The molecule has 0 N–H and O–H groups in total. The van der Waals surface area contributed by atoms with Gasteiger partial charge >= 0.3 is 0 Å². The van der Waals surface area contributed by atoms with Crippen molar-refractivity contribution in [2.45, 2.75) is 0 Å². The van der Waals surface area contributed by atoms with Gasteiger partial charge in [0, 0.05) is 0 Å². The van der Waals surface area contributed by atoms with Crippen LogP contribution < -0.4 is 0 Å². The SMILES string of the molecule is O=[SH][SH](=O)=O. The highest BCUT2D eigenvalue weighted by atomic mass is 33.1. The van der Waals surface area contributed by atoms with Crippen molar-refractivity contribution in [3.05, 3.63) is 0 Å². The Balaban J connectivity index is 3.69. The summed E-state index contributed by atoms with van der Waals surface area (Å²) in [6, 6.07) is 0. The molecule has 0 fully saturated rings. The maximum atomic E-state index is 9.08. The van der Waals surface area contributed by atoms with E-state index in [-0.39, 0.29) is 0 Å². The fraction of sp³-hybridized carbons (Fsp3) is 0. The van der Waals surface area contributed by atoms with E-state index in [1.807, 2.05) is 0 Å². The van der Waals surface area contributed by atoms with Gasteiger partial charge in [0.15, 0.2) is 0 Å². The van der Waals surface area contributed by atoms with Crippen molar-refractivity contribution >= 4 is 20.4 Å². The molecule has 0 rings (SSSR count). The summed E-state index contributed by atoms with van der Waals surface area (Å²) >= 11 is 0. The molecule has 0 aliphatic rings. The van der Waals surface area contributed by atoms with E-state index in [0.29, 0.717) is 0 Å². The zero-order valence-corrected chi connectivity index (χ0v) is 3.91. The highest BCUT2D eigenvalue weighted by Crippen LogP contribution is 1.43. The lowest BCUT2D eigenvalue weighted by Crippen LogP contribution is -1.61. The zero-order chi connectivity index (χ0) is 4.28. The number of thiol groups is 2. The Labute approximate surface area is 33.8 Å². The lowest BCUT2D eigenvalue weighted by molar-refractivity contribution is 0.623. The van der Waals surface area contributed by atoms with Crippen LogP contribution in [0.2, 0.25) is 0 Å². The van der Waals surface area contributed by atoms with Gasteiger partial charge in [0.2, 0.25) is 9.74 Å². The third-order valence-corrected chi connectivity index (χ3v) is 0.600. The van der Waals surface area contributed by atoms with Gasteiger partial charge < -0.3 is 0 Å². The van der Waals surface area contributed by atoms with Crippen LogP contribution in [0, 0.1) is 0 Å². The summed E-state index contributed by atoms with van der Waals surface area (Å²) in [5.74, 6) is 0. The van der Waals surface area contributed by atoms with E-state index in [1.54, 1.807) is 0 Å². The second-order valence-electron chi connectivity index (χ2n) is 0.319. The molecule has 0 aromatic heterocycles. The molecule has 3 nitrogen and oxygen atoms in total. The van der Waals surface area contributed by atoms with E-state index < -0.39 is 20.4 Å². The molecule has 0 aromatic carbocycles. The van der Waals surface area contributed by atoms with Crippen molar-refractivity contribution in [1.29, 1.82) is 0 Å². The summed E-state index contributed by atoms with van der Waals surface area (Å²) in [7, 11) is -3.48. The lowest BCUT2D eigenvalue weighted by atomic mass is 15.9. The highest BCUT2D eigenvalue weighted by molar-refractivity contribution is 8.46. The van der Waals surface area contributed by atoms with Gasteiger partial charge in [-0.15, -0.1) is 0 Å². The summed E-state index contributed by atoms with van der Waals surface area (Å²) in [5.41, 5.74) is 0. The summed E-state index contributed by atoms with van der Waals surface area (Å²) in [4.78, 5) is 0. The van der Waals surface area contributed by atoms with Crippen LogP contribution >= 0.6 is 0 Å². The van der Waals surface area contributed by atoms with Crippen molar-refractivity contribution in [2.75, 3.05) is 0 Å². The van der Waals surface area contributed by atoms with Crippen LogP contribution in [-0.2, 0) is 20.4 Å². The van der Waals surface area contributed by atoms with Gasteiger partial charge in [-0.1, -0.05) is 0 Å². The summed E-state index contributed by atoms with van der Waals surface area (Å²) in [6.07, 6.45) is 0. The molecule has 0 spiro atoms. The molecular weight excluding hydrogens is 112 g/mol. The first-order valence-corrected chi connectivity index (χ1v) is 3.44. The minimum atomic E-state index is -2.68. The van der Waals surface area contributed by atoms with Crippen molar-refractivity contribution in [2.24, 2.45) is 0 Å². The summed E-state index contributed by atoms with van der Waals surface area (Å²) in [5, 5.41) is 0. The van der Waals surface area contributed by atoms with E-state index in [4.69, 9.17) is 12.6 Å².